The highest BCUT2D eigenvalue weighted by molar-refractivity contribution is 5.92. The van der Waals surface area contributed by atoms with Crippen LogP contribution in [0.25, 0.3) is 0 Å². The maximum Gasteiger partial charge on any atom is 0.272 e. The molecule has 0 unspecified atom stereocenters. The number of hydrogen-bond donors (Lipinski definition) is 1. The molecule has 1 aliphatic heterocycles. The molecule has 1 aromatic rings. The molecule has 0 aliphatic carbocycles. The Kier molecular flexibility index (Phi) is 2.64. The molecule has 0 bridgehead atoms. The van der Waals surface area contributed by atoms with Crippen molar-refractivity contribution in [1.29, 1.82) is 0 Å². The maximum atomic E-state index is 12.5. The molecule has 1 aromatic heterocycles. The molecule has 1 amide bonds. The van der Waals surface area contributed by atoms with Crippen LogP contribution in [-0.4, -0.2) is 40.6 Å². The van der Waals surface area contributed by atoms with E-state index in [1.807, 2.05) is 0 Å². The summed E-state index contributed by atoms with van der Waals surface area (Å²) in [7, 11) is 0. The lowest BCUT2D eigenvalue weighted by molar-refractivity contribution is 0.0356. The molecule has 1 fully saturated rings. The van der Waals surface area contributed by atoms with E-state index in [1.165, 1.54) is 12.1 Å². The van der Waals surface area contributed by atoms with Gasteiger partial charge in [-0.25, -0.2) is 9.37 Å². The van der Waals surface area contributed by atoms with Gasteiger partial charge in [0.2, 0.25) is 0 Å². The third-order valence-electron chi connectivity index (χ3n) is 2.45. The fourth-order valence-corrected chi connectivity index (χ4v) is 1.52. The zero-order chi connectivity index (χ0) is 10.8. The Morgan fingerprint density at radius 2 is 2.33 bits per heavy atom. The van der Waals surface area contributed by atoms with Crippen LogP contribution in [0.4, 0.5) is 4.39 Å². The first-order valence-corrected chi connectivity index (χ1v) is 4.72. The highest BCUT2D eigenvalue weighted by Crippen LogP contribution is 2.17. The molecule has 1 aliphatic rings. The Labute approximate surface area is 86.4 Å². The van der Waals surface area contributed by atoms with Crippen molar-refractivity contribution in [2.45, 2.75) is 0 Å². The molecule has 2 heterocycles. The minimum Gasteiger partial charge on any atom is -0.396 e. The Morgan fingerprint density at radius 1 is 1.60 bits per heavy atom. The van der Waals surface area contributed by atoms with Gasteiger partial charge in [0.1, 0.15) is 11.5 Å². The van der Waals surface area contributed by atoms with E-state index in [1.54, 1.807) is 4.90 Å². The number of pyridine rings is 1. The molecule has 0 radical (unpaired) electrons. The third kappa shape index (κ3) is 1.97. The van der Waals surface area contributed by atoms with Crippen molar-refractivity contribution in [1.82, 2.24) is 9.88 Å². The van der Waals surface area contributed by atoms with Crippen LogP contribution in [0.3, 0.4) is 0 Å². The zero-order valence-electron chi connectivity index (χ0n) is 8.06. The van der Waals surface area contributed by atoms with E-state index in [0.29, 0.717) is 13.1 Å². The Bertz CT molecular complexity index is 360. The van der Waals surface area contributed by atoms with Gasteiger partial charge in [-0.15, -0.1) is 0 Å². The average Bonchev–Trinajstić information content (AvgIpc) is 2.17. The van der Waals surface area contributed by atoms with Crippen molar-refractivity contribution in [3.05, 3.63) is 29.8 Å². The van der Waals surface area contributed by atoms with Gasteiger partial charge >= 0.3 is 0 Å². The van der Waals surface area contributed by atoms with E-state index in [0.717, 1.165) is 6.20 Å². The molecule has 1 N–H and O–H groups in total. The number of hydrogen-bond acceptors (Lipinski definition) is 3. The number of nitrogens with zero attached hydrogens (tertiary/aromatic N) is 2. The van der Waals surface area contributed by atoms with Crippen LogP contribution < -0.4 is 0 Å². The lowest BCUT2D eigenvalue weighted by atomic mass is 10.0. The number of carbonyl (C=O) groups is 1. The van der Waals surface area contributed by atoms with Crippen molar-refractivity contribution in [3.63, 3.8) is 0 Å². The Morgan fingerprint density at radius 3 is 2.87 bits per heavy atom. The predicted octanol–water partition coefficient (Wildman–Crippen LogP) is 0.285. The molecule has 0 aromatic carbocycles. The minimum atomic E-state index is -0.455. The van der Waals surface area contributed by atoms with E-state index in [9.17, 15) is 9.18 Å². The van der Waals surface area contributed by atoms with Gasteiger partial charge in [0.25, 0.3) is 5.91 Å². The number of amides is 1. The summed E-state index contributed by atoms with van der Waals surface area (Å²) in [4.78, 5) is 16.9. The number of halogens is 1. The van der Waals surface area contributed by atoms with Crippen molar-refractivity contribution >= 4 is 5.91 Å². The standard InChI is InChI=1S/C10H11FN2O2/c11-8-1-2-9(12-3-8)10(15)13-4-7(5-13)6-14/h1-3,7,14H,4-6H2. The van der Waals surface area contributed by atoms with E-state index >= 15 is 0 Å². The quantitative estimate of drug-likeness (QED) is 0.763. The van der Waals surface area contributed by atoms with E-state index in [-0.39, 0.29) is 24.1 Å². The van der Waals surface area contributed by atoms with Crippen molar-refractivity contribution < 1.29 is 14.3 Å². The number of carbonyl (C=O) groups excluding carboxylic acids is 1. The van der Waals surface area contributed by atoms with Crippen LogP contribution in [0.5, 0.6) is 0 Å². The zero-order valence-corrected chi connectivity index (χ0v) is 8.06. The van der Waals surface area contributed by atoms with Crippen molar-refractivity contribution in [2.24, 2.45) is 5.92 Å². The van der Waals surface area contributed by atoms with Gasteiger partial charge in [-0.2, -0.15) is 0 Å². The molecule has 15 heavy (non-hydrogen) atoms. The first-order chi connectivity index (χ1) is 7.20. The summed E-state index contributed by atoms with van der Waals surface area (Å²) in [5.74, 6) is -0.488. The number of likely N-dealkylation sites (tertiary alicyclic amines) is 1. The summed E-state index contributed by atoms with van der Waals surface area (Å²) in [6, 6.07) is 2.58. The highest BCUT2D eigenvalue weighted by Gasteiger charge is 2.30. The molecule has 0 spiro atoms. The number of rotatable bonds is 2. The van der Waals surface area contributed by atoms with E-state index in [2.05, 4.69) is 4.98 Å². The van der Waals surface area contributed by atoms with Crippen LogP contribution in [0.15, 0.2) is 18.3 Å². The van der Waals surface area contributed by atoms with Gasteiger partial charge < -0.3 is 10.0 Å². The van der Waals surface area contributed by atoms with Gasteiger partial charge in [-0.3, -0.25) is 4.79 Å². The minimum absolute atomic E-state index is 0.0978. The predicted molar refractivity (Wildman–Crippen MR) is 50.7 cm³/mol. The summed E-state index contributed by atoms with van der Waals surface area (Å²) in [6.07, 6.45) is 1.02. The van der Waals surface area contributed by atoms with Gasteiger partial charge in [0.15, 0.2) is 0 Å². The Balaban J connectivity index is 2.00. The molecule has 2 rings (SSSR count). The van der Waals surface area contributed by atoms with Crippen molar-refractivity contribution in [2.75, 3.05) is 19.7 Å². The third-order valence-corrected chi connectivity index (χ3v) is 2.45. The summed E-state index contributed by atoms with van der Waals surface area (Å²) in [6.45, 7) is 1.20. The van der Waals surface area contributed by atoms with Crippen LogP contribution in [0, 0.1) is 11.7 Å². The maximum absolute atomic E-state index is 12.5. The molecular formula is C10H11FN2O2. The van der Waals surface area contributed by atoms with Gasteiger partial charge in [0.05, 0.1) is 6.20 Å². The molecule has 80 valence electrons. The first-order valence-electron chi connectivity index (χ1n) is 4.72. The van der Waals surface area contributed by atoms with Crippen molar-refractivity contribution in [3.8, 4) is 0 Å². The van der Waals surface area contributed by atoms with E-state index < -0.39 is 5.82 Å². The van der Waals surface area contributed by atoms with Gasteiger partial charge in [-0.05, 0) is 12.1 Å². The Hall–Kier alpha value is -1.49. The van der Waals surface area contributed by atoms with Crippen LogP contribution in [0.1, 0.15) is 10.5 Å². The topological polar surface area (TPSA) is 53.4 Å². The second-order valence-corrected chi connectivity index (χ2v) is 3.62. The molecule has 0 atom stereocenters. The number of aromatic nitrogens is 1. The fraction of sp³-hybridized carbons (Fsp3) is 0.400. The molecular weight excluding hydrogens is 199 g/mol. The number of aliphatic hydroxyl groups is 1. The smallest absolute Gasteiger partial charge is 0.272 e. The van der Waals surface area contributed by atoms with E-state index in [4.69, 9.17) is 5.11 Å². The number of aliphatic hydroxyl groups excluding tert-OH is 1. The largest absolute Gasteiger partial charge is 0.396 e. The van der Waals surface area contributed by atoms with Crippen LogP contribution in [0.2, 0.25) is 0 Å². The summed E-state index contributed by atoms with van der Waals surface area (Å²) < 4.78 is 12.5. The summed E-state index contributed by atoms with van der Waals surface area (Å²) in [5.41, 5.74) is 0.243. The van der Waals surface area contributed by atoms with Crippen LogP contribution >= 0.6 is 0 Å². The van der Waals surface area contributed by atoms with Gasteiger partial charge in [0, 0.05) is 25.6 Å². The SMILES string of the molecule is O=C(c1ccc(F)cn1)N1CC(CO)C1. The normalized spacial score (nSPS) is 16.3. The summed E-state index contributed by atoms with van der Waals surface area (Å²) in [5, 5.41) is 8.79. The first kappa shape index (κ1) is 10.0. The molecule has 5 heteroatoms. The second-order valence-electron chi connectivity index (χ2n) is 3.62. The van der Waals surface area contributed by atoms with Gasteiger partial charge in [-0.1, -0.05) is 0 Å². The lowest BCUT2D eigenvalue weighted by Crippen LogP contribution is -2.51. The second kappa shape index (κ2) is 3.94. The highest BCUT2D eigenvalue weighted by atomic mass is 19.1. The average molecular weight is 210 g/mol. The fourth-order valence-electron chi connectivity index (χ4n) is 1.52. The summed E-state index contributed by atoms with van der Waals surface area (Å²) >= 11 is 0. The lowest BCUT2D eigenvalue weighted by Gasteiger charge is -2.37. The van der Waals surface area contributed by atoms with Crippen LogP contribution in [-0.2, 0) is 0 Å². The molecule has 4 nitrogen and oxygen atoms in total. The molecule has 1 saturated heterocycles. The molecule has 0 saturated carbocycles. The monoisotopic (exact) mass is 210 g/mol.